The van der Waals surface area contributed by atoms with Crippen LogP contribution in [-0.2, 0) is 14.2 Å². The minimum absolute atomic E-state index is 0.114. The quantitative estimate of drug-likeness (QED) is 0.570. The summed E-state index contributed by atoms with van der Waals surface area (Å²) in [6.45, 7) is 7.46. The van der Waals surface area contributed by atoms with Crippen LogP contribution in [0.3, 0.4) is 0 Å². The zero-order valence-corrected chi connectivity index (χ0v) is 20.0. The number of amides is 1. The van der Waals surface area contributed by atoms with Gasteiger partial charge in [-0.1, -0.05) is 11.6 Å². The fourth-order valence-corrected chi connectivity index (χ4v) is 3.23. The molecule has 13 heteroatoms. The van der Waals surface area contributed by atoms with E-state index in [1.807, 2.05) is 0 Å². The molecule has 2 rings (SSSR count). The number of halogens is 4. The molecule has 0 saturated heterocycles. The molecule has 0 radical (unpaired) electrons. The highest BCUT2D eigenvalue weighted by Gasteiger charge is 2.40. The molecule has 2 aromatic heterocycles. The van der Waals surface area contributed by atoms with Crippen LogP contribution in [-0.4, -0.2) is 58.4 Å². The molecule has 0 saturated carbocycles. The minimum atomic E-state index is -4.58. The molecule has 186 valence electrons. The third-order valence-electron chi connectivity index (χ3n) is 4.54. The number of methoxy groups -OCH3 is 1. The van der Waals surface area contributed by atoms with E-state index in [1.165, 1.54) is 24.7 Å². The largest absolute Gasteiger partial charge is 0.444 e. The Kier molecular flexibility index (Phi) is 8.55. The molecule has 9 nitrogen and oxygen atoms in total. The Morgan fingerprint density at radius 2 is 1.94 bits per heavy atom. The van der Waals surface area contributed by atoms with E-state index in [4.69, 9.17) is 31.5 Å². The number of hydrogen-bond acceptors (Lipinski definition) is 7. The molecular formula is C20H29ClF3N5O4. The molecule has 2 aromatic rings. The Balaban J connectivity index is 2.43. The molecule has 0 spiro atoms. The van der Waals surface area contributed by atoms with Crippen LogP contribution < -0.4 is 11.1 Å². The third kappa shape index (κ3) is 7.42. The summed E-state index contributed by atoms with van der Waals surface area (Å²) >= 11 is 6.23. The van der Waals surface area contributed by atoms with Gasteiger partial charge in [0.1, 0.15) is 11.6 Å². The summed E-state index contributed by atoms with van der Waals surface area (Å²) in [5, 5.41) is 6.86. The number of hydrogen-bond donors (Lipinski definition) is 2. The van der Waals surface area contributed by atoms with E-state index in [0.29, 0.717) is 11.2 Å². The van der Waals surface area contributed by atoms with Crippen LogP contribution >= 0.6 is 11.6 Å². The maximum absolute atomic E-state index is 13.1. The molecule has 33 heavy (non-hydrogen) atoms. The lowest BCUT2D eigenvalue weighted by atomic mass is 10.1. The van der Waals surface area contributed by atoms with Crippen molar-refractivity contribution in [2.75, 3.05) is 13.7 Å². The fraction of sp³-hybridized carbons (Fsp3) is 0.650. The van der Waals surface area contributed by atoms with Gasteiger partial charge in [0.2, 0.25) is 0 Å². The summed E-state index contributed by atoms with van der Waals surface area (Å²) in [5.41, 5.74) is 6.23. The highest BCUT2D eigenvalue weighted by molar-refractivity contribution is 6.30. The van der Waals surface area contributed by atoms with Gasteiger partial charge >= 0.3 is 12.3 Å². The minimum Gasteiger partial charge on any atom is -0.444 e. The van der Waals surface area contributed by atoms with Crippen molar-refractivity contribution >= 4 is 23.3 Å². The van der Waals surface area contributed by atoms with Gasteiger partial charge in [0.25, 0.3) is 0 Å². The molecule has 0 unspecified atom stereocenters. The van der Waals surface area contributed by atoms with Gasteiger partial charge in [0.15, 0.2) is 16.9 Å². The summed E-state index contributed by atoms with van der Waals surface area (Å²) in [7, 11) is 1.49. The monoisotopic (exact) mass is 495 g/mol. The average molecular weight is 496 g/mol. The lowest BCUT2D eigenvalue weighted by Crippen LogP contribution is -2.42. The van der Waals surface area contributed by atoms with Gasteiger partial charge in [-0.2, -0.15) is 18.3 Å². The molecule has 0 bridgehead atoms. The maximum atomic E-state index is 13.1. The lowest BCUT2D eigenvalue weighted by molar-refractivity contribution is -0.227. The van der Waals surface area contributed by atoms with Crippen molar-refractivity contribution in [3.05, 3.63) is 28.7 Å². The molecule has 0 fully saturated rings. The predicted molar refractivity (Wildman–Crippen MR) is 115 cm³/mol. The van der Waals surface area contributed by atoms with Crippen LogP contribution in [0.4, 0.5) is 18.0 Å². The van der Waals surface area contributed by atoms with Gasteiger partial charge in [-0.05, 0) is 40.7 Å². The summed E-state index contributed by atoms with van der Waals surface area (Å²) in [5.74, 6) is 0. The van der Waals surface area contributed by atoms with E-state index in [2.05, 4.69) is 15.4 Å². The van der Waals surface area contributed by atoms with Gasteiger partial charge in [-0.15, -0.1) is 0 Å². The topological polar surface area (TPSA) is 113 Å². The number of ether oxygens (including phenoxy) is 3. The van der Waals surface area contributed by atoms with Crippen molar-refractivity contribution in [2.24, 2.45) is 5.73 Å². The molecule has 0 aromatic carbocycles. The Labute approximate surface area is 194 Å². The zero-order chi connectivity index (χ0) is 25.1. The number of nitrogens with zero attached hydrogens (tertiary/aromatic N) is 3. The number of alkyl carbamates (subject to hydrolysis) is 1. The summed E-state index contributed by atoms with van der Waals surface area (Å²) in [6, 6.07) is -0.0522. The van der Waals surface area contributed by atoms with E-state index < -0.39 is 42.2 Å². The molecule has 2 heterocycles. The molecule has 0 aliphatic rings. The number of imidazole rings is 1. The van der Waals surface area contributed by atoms with E-state index >= 15 is 0 Å². The van der Waals surface area contributed by atoms with Crippen LogP contribution in [0.2, 0.25) is 5.15 Å². The van der Waals surface area contributed by atoms with Gasteiger partial charge in [-0.25, -0.2) is 14.3 Å². The lowest BCUT2D eigenvalue weighted by Gasteiger charge is -2.29. The highest BCUT2D eigenvalue weighted by atomic mass is 35.5. The number of carbonyl (C=O) groups is 1. The van der Waals surface area contributed by atoms with Crippen molar-refractivity contribution < 1.29 is 32.2 Å². The second-order valence-corrected chi connectivity index (χ2v) is 8.93. The average Bonchev–Trinajstić information content (AvgIpc) is 3.05. The first kappa shape index (κ1) is 27.1. The first-order valence-corrected chi connectivity index (χ1v) is 10.5. The van der Waals surface area contributed by atoms with E-state index in [1.54, 1.807) is 26.8 Å². The van der Waals surface area contributed by atoms with Crippen LogP contribution in [0.25, 0.3) is 5.65 Å². The van der Waals surface area contributed by atoms with E-state index in [-0.39, 0.29) is 17.5 Å². The second kappa shape index (κ2) is 10.4. The Morgan fingerprint density at radius 1 is 1.30 bits per heavy atom. The Bertz CT molecular complexity index is 964. The SMILES string of the molecule is COC[C@@H](N)c1cc2nc([C@@H](NC(=O)OC(C)(C)C)[C@@H](C)O[C@H](C)C(F)(F)F)cn2nc1Cl. The number of aromatic nitrogens is 3. The summed E-state index contributed by atoms with van der Waals surface area (Å²) in [4.78, 5) is 16.8. The third-order valence-corrected chi connectivity index (χ3v) is 4.83. The van der Waals surface area contributed by atoms with Crippen molar-refractivity contribution in [1.29, 1.82) is 0 Å². The number of rotatable bonds is 8. The molecular weight excluding hydrogens is 467 g/mol. The Hall–Kier alpha value is -2.15. The number of alkyl halides is 3. The number of fused-ring (bicyclic) bond motifs is 1. The standard InChI is InChI=1S/C20H29ClF3N5O4/c1-10(32-11(2)20(22,23)24)16(27-18(30)33-19(3,4)5)14-8-29-15(26-14)7-12(17(21)28-29)13(25)9-31-6/h7-8,10-11,13,16H,9,25H2,1-6H3,(H,27,30)/t10-,11-,13-,16+/m1/s1. The van der Waals surface area contributed by atoms with E-state index in [0.717, 1.165) is 6.92 Å². The summed E-state index contributed by atoms with van der Waals surface area (Å²) in [6.07, 6.45) is -7.17. The van der Waals surface area contributed by atoms with E-state index in [9.17, 15) is 18.0 Å². The highest BCUT2D eigenvalue weighted by Crippen LogP contribution is 2.28. The zero-order valence-electron chi connectivity index (χ0n) is 19.2. The van der Waals surface area contributed by atoms with Crippen molar-refractivity contribution in [1.82, 2.24) is 19.9 Å². The normalized spacial score (nSPS) is 16.3. The van der Waals surface area contributed by atoms with Crippen molar-refractivity contribution in [2.45, 2.75) is 70.7 Å². The number of nitrogens with one attached hydrogen (secondary N) is 1. The maximum Gasteiger partial charge on any atom is 0.414 e. The molecule has 0 aliphatic heterocycles. The number of nitrogens with two attached hydrogens (primary N) is 1. The van der Waals surface area contributed by atoms with Crippen LogP contribution in [0, 0.1) is 0 Å². The van der Waals surface area contributed by atoms with Gasteiger partial charge in [-0.3, -0.25) is 0 Å². The molecule has 4 atom stereocenters. The van der Waals surface area contributed by atoms with Gasteiger partial charge < -0.3 is 25.3 Å². The van der Waals surface area contributed by atoms with Crippen LogP contribution in [0.1, 0.15) is 58.0 Å². The predicted octanol–water partition coefficient (Wildman–Crippen LogP) is 3.95. The van der Waals surface area contributed by atoms with Crippen LogP contribution in [0.5, 0.6) is 0 Å². The fourth-order valence-electron chi connectivity index (χ4n) is 2.96. The summed E-state index contributed by atoms with van der Waals surface area (Å²) < 4.78 is 55.9. The first-order valence-electron chi connectivity index (χ1n) is 10.1. The Morgan fingerprint density at radius 3 is 2.48 bits per heavy atom. The molecule has 3 N–H and O–H groups in total. The number of carbonyl (C=O) groups excluding carboxylic acids is 1. The first-order chi connectivity index (χ1) is 15.1. The second-order valence-electron chi connectivity index (χ2n) is 8.57. The van der Waals surface area contributed by atoms with Gasteiger partial charge in [0, 0.05) is 12.7 Å². The smallest absolute Gasteiger partial charge is 0.414 e. The molecule has 0 aliphatic carbocycles. The van der Waals surface area contributed by atoms with Crippen molar-refractivity contribution in [3.63, 3.8) is 0 Å². The van der Waals surface area contributed by atoms with Gasteiger partial charge in [0.05, 0.1) is 30.6 Å². The van der Waals surface area contributed by atoms with Crippen molar-refractivity contribution in [3.8, 4) is 0 Å². The molecule has 1 amide bonds. The van der Waals surface area contributed by atoms with Crippen LogP contribution in [0.15, 0.2) is 12.3 Å².